The zero-order chi connectivity index (χ0) is 14.0. The van der Waals surface area contributed by atoms with E-state index in [1.807, 2.05) is 0 Å². The standard InChI is InChI=1S/C11H9ClFN3O2S/c1-7-2-3-10(9(13)4-7)16-19(17,18)8-5-14-11(12)15-6-8/h2-6,16H,1H3. The maximum Gasteiger partial charge on any atom is 0.265 e. The number of hydrogen-bond donors (Lipinski definition) is 1. The molecule has 100 valence electrons. The molecule has 2 aromatic rings. The first-order valence-corrected chi connectivity index (χ1v) is 7.01. The highest BCUT2D eigenvalue weighted by Gasteiger charge is 2.17. The first kappa shape index (κ1) is 13.7. The number of halogens is 2. The van der Waals surface area contributed by atoms with E-state index in [1.165, 1.54) is 12.1 Å². The quantitative estimate of drug-likeness (QED) is 0.884. The van der Waals surface area contributed by atoms with Gasteiger partial charge in [0.25, 0.3) is 10.0 Å². The van der Waals surface area contributed by atoms with Gasteiger partial charge in [-0.3, -0.25) is 4.72 Å². The Kier molecular flexibility index (Phi) is 3.68. The van der Waals surface area contributed by atoms with E-state index in [2.05, 4.69) is 14.7 Å². The Morgan fingerprint density at radius 3 is 2.47 bits per heavy atom. The zero-order valence-corrected chi connectivity index (χ0v) is 11.3. The van der Waals surface area contributed by atoms with Crippen LogP contribution < -0.4 is 4.72 Å². The van der Waals surface area contributed by atoms with E-state index in [0.717, 1.165) is 12.4 Å². The summed E-state index contributed by atoms with van der Waals surface area (Å²) in [5.74, 6) is -0.654. The molecule has 8 heteroatoms. The number of nitrogens with zero attached hydrogens (tertiary/aromatic N) is 2. The van der Waals surface area contributed by atoms with Crippen LogP contribution in [0.3, 0.4) is 0 Å². The molecule has 0 fully saturated rings. The Morgan fingerprint density at radius 2 is 1.89 bits per heavy atom. The van der Waals surface area contributed by atoms with Gasteiger partial charge in [0.2, 0.25) is 5.28 Å². The maximum atomic E-state index is 13.6. The third-order valence-electron chi connectivity index (χ3n) is 2.28. The lowest BCUT2D eigenvalue weighted by Crippen LogP contribution is -2.14. The number of anilines is 1. The fraction of sp³-hybridized carbons (Fsp3) is 0.0909. The predicted molar refractivity (Wildman–Crippen MR) is 69.0 cm³/mol. The van der Waals surface area contributed by atoms with E-state index in [0.29, 0.717) is 5.56 Å². The Balaban J connectivity index is 2.33. The molecule has 2 rings (SSSR count). The maximum absolute atomic E-state index is 13.6. The van der Waals surface area contributed by atoms with Gasteiger partial charge in [-0.2, -0.15) is 0 Å². The van der Waals surface area contributed by atoms with Crippen LogP contribution in [-0.2, 0) is 10.0 Å². The first-order valence-electron chi connectivity index (χ1n) is 5.15. The number of benzene rings is 1. The lowest BCUT2D eigenvalue weighted by molar-refractivity contribution is 0.597. The topological polar surface area (TPSA) is 72.0 Å². The van der Waals surface area contributed by atoms with Crippen LogP contribution in [0, 0.1) is 12.7 Å². The van der Waals surface area contributed by atoms with Crippen molar-refractivity contribution in [3.63, 3.8) is 0 Å². The fourth-order valence-corrected chi connectivity index (χ4v) is 2.40. The molecule has 1 aromatic heterocycles. The average molecular weight is 302 g/mol. The minimum absolute atomic E-state index is 0.0690. The van der Waals surface area contributed by atoms with Crippen molar-refractivity contribution in [1.29, 1.82) is 0 Å². The summed E-state index contributed by atoms with van der Waals surface area (Å²) in [6.45, 7) is 1.70. The molecule has 0 aliphatic heterocycles. The average Bonchev–Trinajstić information content (AvgIpc) is 2.33. The van der Waals surface area contributed by atoms with E-state index in [4.69, 9.17) is 11.6 Å². The van der Waals surface area contributed by atoms with Crippen molar-refractivity contribution in [2.45, 2.75) is 11.8 Å². The van der Waals surface area contributed by atoms with Gasteiger partial charge < -0.3 is 0 Å². The Morgan fingerprint density at radius 1 is 1.26 bits per heavy atom. The number of hydrogen-bond acceptors (Lipinski definition) is 4. The molecule has 0 radical (unpaired) electrons. The molecular formula is C11H9ClFN3O2S. The summed E-state index contributed by atoms with van der Waals surface area (Å²) in [5, 5.41) is -0.0690. The van der Waals surface area contributed by atoms with Crippen LogP contribution in [0.4, 0.5) is 10.1 Å². The second-order valence-corrected chi connectivity index (χ2v) is 5.80. The minimum atomic E-state index is -3.94. The molecule has 0 saturated carbocycles. The highest BCUT2D eigenvalue weighted by molar-refractivity contribution is 7.92. The molecule has 0 amide bonds. The largest absolute Gasteiger partial charge is 0.277 e. The third-order valence-corrected chi connectivity index (χ3v) is 3.79. The highest BCUT2D eigenvalue weighted by Crippen LogP contribution is 2.19. The molecule has 0 bridgehead atoms. The number of sulfonamides is 1. The fourth-order valence-electron chi connectivity index (χ4n) is 1.35. The molecule has 1 heterocycles. The summed E-state index contributed by atoms with van der Waals surface area (Å²) in [7, 11) is -3.94. The van der Waals surface area contributed by atoms with Gasteiger partial charge in [-0.05, 0) is 36.2 Å². The van der Waals surface area contributed by atoms with Gasteiger partial charge in [-0.15, -0.1) is 0 Å². The molecule has 0 unspecified atom stereocenters. The predicted octanol–water partition coefficient (Wildman–Crippen LogP) is 2.38. The van der Waals surface area contributed by atoms with Crippen LogP contribution >= 0.6 is 11.6 Å². The molecule has 1 aromatic carbocycles. The molecule has 0 saturated heterocycles. The Hall–Kier alpha value is -1.73. The van der Waals surface area contributed by atoms with Crippen molar-refractivity contribution in [1.82, 2.24) is 9.97 Å². The minimum Gasteiger partial charge on any atom is -0.277 e. The Bertz CT molecular complexity index is 704. The molecule has 5 nitrogen and oxygen atoms in total. The highest BCUT2D eigenvalue weighted by atomic mass is 35.5. The summed E-state index contributed by atoms with van der Waals surface area (Å²) < 4.78 is 39.6. The third kappa shape index (κ3) is 3.18. The van der Waals surface area contributed by atoms with Gasteiger partial charge in [-0.25, -0.2) is 22.8 Å². The second kappa shape index (κ2) is 5.10. The molecule has 0 atom stereocenters. The van der Waals surface area contributed by atoms with Gasteiger partial charge in [0.05, 0.1) is 18.1 Å². The zero-order valence-electron chi connectivity index (χ0n) is 9.76. The van der Waals surface area contributed by atoms with Gasteiger partial charge in [0.15, 0.2) is 0 Å². The van der Waals surface area contributed by atoms with Crippen molar-refractivity contribution in [2.24, 2.45) is 0 Å². The molecule has 19 heavy (non-hydrogen) atoms. The lowest BCUT2D eigenvalue weighted by Gasteiger charge is -2.08. The first-order chi connectivity index (χ1) is 8.88. The monoisotopic (exact) mass is 301 g/mol. The number of nitrogens with one attached hydrogen (secondary N) is 1. The number of rotatable bonds is 3. The summed E-state index contributed by atoms with van der Waals surface area (Å²) in [6, 6.07) is 4.18. The molecule has 0 spiro atoms. The summed E-state index contributed by atoms with van der Waals surface area (Å²) >= 11 is 5.47. The van der Waals surface area contributed by atoms with E-state index in [9.17, 15) is 12.8 Å². The summed E-state index contributed by atoms with van der Waals surface area (Å²) in [6.07, 6.45) is 2.09. The van der Waals surface area contributed by atoms with Gasteiger partial charge in [0.1, 0.15) is 10.7 Å². The normalized spacial score (nSPS) is 11.3. The van der Waals surface area contributed by atoms with Gasteiger partial charge in [0, 0.05) is 0 Å². The Labute approximate surface area is 114 Å². The smallest absolute Gasteiger partial charge is 0.265 e. The van der Waals surface area contributed by atoms with Gasteiger partial charge in [-0.1, -0.05) is 6.07 Å². The van der Waals surface area contributed by atoms with E-state index in [-0.39, 0.29) is 15.9 Å². The van der Waals surface area contributed by atoms with E-state index in [1.54, 1.807) is 13.0 Å². The van der Waals surface area contributed by atoms with Crippen LogP contribution in [0.15, 0.2) is 35.5 Å². The second-order valence-electron chi connectivity index (χ2n) is 3.78. The van der Waals surface area contributed by atoms with E-state index < -0.39 is 15.8 Å². The lowest BCUT2D eigenvalue weighted by atomic mass is 10.2. The molecule has 1 N–H and O–H groups in total. The van der Waals surface area contributed by atoms with Crippen molar-refractivity contribution in [3.05, 3.63) is 47.3 Å². The molecular weight excluding hydrogens is 293 g/mol. The van der Waals surface area contributed by atoms with Crippen molar-refractivity contribution < 1.29 is 12.8 Å². The van der Waals surface area contributed by atoms with E-state index >= 15 is 0 Å². The number of aromatic nitrogens is 2. The SMILES string of the molecule is Cc1ccc(NS(=O)(=O)c2cnc(Cl)nc2)c(F)c1. The van der Waals surface area contributed by atoms with Crippen LogP contribution in [0.25, 0.3) is 0 Å². The van der Waals surface area contributed by atoms with Crippen molar-refractivity contribution in [3.8, 4) is 0 Å². The van der Waals surface area contributed by atoms with Crippen LogP contribution in [0.2, 0.25) is 5.28 Å². The summed E-state index contributed by atoms with van der Waals surface area (Å²) in [4.78, 5) is 6.93. The van der Waals surface area contributed by atoms with Crippen molar-refractivity contribution >= 4 is 27.3 Å². The van der Waals surface area contributed by atoms with Crippen molar-refractivity contribution in [2.75, 3.05) is 4.72 Å². The summed E-state index contributed by atoms with van der Waals surface area (Å²) in [5.41, 5.74) is 0.552. The van der Waals surface area contributed by atoms with Crippen LogP contribution in [0.5, 0.6) is 0 Å². The molecule has 0 aliphatic carbocycles. The van der Waals surface area contributed by atoms with Crippen LogP contribution in [-0.4, -0.2) is 18.4 Å². The number of aryl methyl sites for hydroxylation is 1. The molecule has 0 aliphatic rings. The van der Waals surface area contributed by atoms with Gasteiger partial charge >= 0.3 is 0 Å². The van der Waals surface area contributed by atoms with Crippen LogP contribution in [0.1, 0.15) is 5.56 Å².